The molecule has 5 rings (SSSR count). The van der Waals surface area contributed by atoms with Gasteiger partial charge in [0.2, 0.25) is 0 Å². The normalized spacial score (nSPS) is 46.8. The van der Waals surface area contributed by atoms with Gasteiger partial charge in [-0.1, -0.05) is 33.1 Å². The number of carboxylic acid groups (broad SMARTS) is 1. The van der Waals surface area contributed by atoms with Crippen LogP contribution in [0, 0.1) is 11.8 Å². The number of aliphatic hydroxyl groups is 11. The monoisotopic (exact) mass is 815 g/mol. The Balaban J connectivity index is 1.26. The van der Waals surface area contributed by atoms with Gasteiger partial charge in [0, 0.05) is 6.54 Å². The SMILES string of the molecule is CC(C)C1OC(COC2OC(CO)C(O)C(OC3OC(C(=O)NCC4CCCCC4)C(O)C(O)C3O)C2O)C(O)C(OC2OC(C(=O)O)C(O)C(O)C2O)C1O. The maximum Gasteiger partial charge on any atom is 0.335 e. The van der Waals surface area contributed by atoms with Crippen molar-refractivity contribution >= 4 is 11.9 Å². The highest BCUT2D eigenvalue weighted by atomic mass is 16.7. The first-order valence-corrected chi connectivity index (χ1v) is 18.9. The van der Waals surface area contributed by atoms with Gasteiger partial charge >= 0.3 is 5.97 Å². The summed E-state index contributed by atoms with van der Waals surface area (Å²) in [7, 11) is 0. The van der Waals surface area contributed by atoms with Gasteiger partial charge in [-0.15, -0.1) is 0 Å². The highest BCUT2D eigenvalue weighted by molar-refractivity contribution is 5.81. The second kappa shape index (κ2) is 19.5. The third-order valence-electron chi connectivity index (χ3n) is 11.1. The smallest absolute Gasteiger partial charge is 0.335 e. The van der Waals surface area contributed by atoms with Crippen LogP contribution in [-0.2, 0) is 42.7 Å². The minimum Gasteiger partial charge on any atom is -0.479 e. The predicted octanol–water partition coefficient (Wildman–Crippen LogP) is -6.25. The molecule has 0 radical (unpaired) electrons. The number of rotatable bonds is 13. The lowest BCUT2D eigenvalue weighted by atomic mass is 9.89. The molecule has 4 aliphatic heterocycles. The standard InChI is InChI=1S/C34H57NO21/c1-11(2)25-23(45)26(53-34-22(44)18(40)20(42)29(56-34)31(48)49)16(38)14(51-25)10-50-32-24(46)27(15(37)13(9-36)52-32)54-33-21(43)17(39)19(41)28(55-33)30(47)35-8-12-6-4-3-5-7-12/h11-29,32-34,36-46H,3-10H2,1-2H3,(H,35,47)(H,48,49). The Hall–Kier alpha value is -1.78. The molecular weight excluding hydrogens is 758 g/mol. The van der Waals surface area contributed by atoms with Gasteiger partial charge in [0.1, 0.15) is 85.5 Å². The summed E-state index contributed by atoms with van der Waals surface area (Å²) in [6, 6.07) is 0. The highest BCUT2D eigenvalue weighted by Crippen LogP contribution is 2.34. The van der Waals surface area contributed by atoms with E-state index in [1.54, 1.807) is 13.8 Å². The maximum atomic E-state index is 13.1. The summed E-state index contributed by atoms with van der Waals surface area (Å²) in [6.45, 7) is 2.10. The minimum atomic E-state index is -2.04. The molecule has 5 fully saturated rings. The molecule has 20 atom stereocenters. The fourth-order valence-electron chi connectivity index (χ4n) is 7.74. The number of hydrogen-bond donors (Lipinski definition) is 13. The number of nitrogens with one attached hydrogen (secondary N) is 1. The van der Waals surface area contributed by atoms with Crippen LogP contribution in [-0.4, -0.2) is 216 Å². The molecule has 1 aliphatic carbocycles. The maximum absolute atomic E-state index is 13.1. The number of ether oxygens (including phenoxy) is 7. The molecule has 1 amide bonds. The molecular formula is C34H57NO21. The summed E-state index contributed by atoms with van der Waals surface area (Å²) in [5, 5.41) is 129. The number of hydrogen-bond acceptors (Lipinski definition) is 20. The lowest BCUT2D eigenvalue weighted by Crippen LogP contribution is -2.66. The Kier molecular flexibility index (Phi) is 15.8. The van der Waals surface area contributed by atoms with Gasteiger partial charge < -0.3 is 99.8 Å². The molecule has 4 saturated heterocycles. The molecule has 0 aromatic rings. The zero-order valence-corrected chi connectivity index (χ0v) is 30.9. The van der Waals surface area contributed by atoms with Crippen molar-refractivity contribution < 1.29 is 104 Å². The fourth-order valence-corrected chi connectivity index (χ4v) is 7.74. The van der Waals surface area contributed by atoms with Crippen molar-refractivity contribution in [2.24, 2.45) is 11.8 Å². The van der Waals surface area contributed by atoms with E-state index in [0.29, 0.717) is 6.54 Å². The van der Waals surface area contributed by atoms with Crippen LogP contribution in [0.15, 0.2) is 0 Å². The van der Waals surface area contributed by atoms with Crippen molar-refractivity contribution in [3.05, 3.63) is 0 Å². The second-order valence-corrected chi connectivity index (χ2v) is 15.5. The van der Waals surface area contributed by atoms with E-state index in [1.807, 2.05) is 0 Å². The van der Waals surface area contributed by atoms with E-state index in [4.69, 9.17) is 33.2 Å². The van der Waals surface area contributed by atoms with E-state index >= 15 is 0 Å². The first kappa shape index (κ1) is 45.3. The van der Waals surface area contributed by atoms with Crippen molar-refractivity contribution in [2.75, 3.05) is 19.8 Å². The van der Waals surface area contributed by atoms with Crippen molar-refractivity contribution in [3.8, 4) is 0 Å². The summed E-state index contributed by atoms with van der Waals surface area (Å²) in [6.07, 6.45) is -31.0. The first-order valence-electron chi connectivity index (χ1n) is 18.9. The average molecular weight is 816 g/mol. The van der Waals surface area contributed by atoms with E-state index in [2.05, 4.69) is 5.32 Å². The van der Waals surface area contributed by atoms with E-state index in [1.165, 1.54) is 0 Å². The molecule has 22 nitrogen and oxygen atoms in total. The molecule has 22 heteroatoms. The third kappa shape index (κ3) is 9.80. The van der Waals surface area contributed by atoms with Crippen LogP contribution in [0.5, 0.6) is 0 Å². The van der Waals surface area contributed by atoms with E-state index in [9.17, 15) is 70.9 Å². The summed E-state index contributed by atoms with van der Waals surface area (Å²) in [5.41, 5.74) is 0. The molecule has 0 aromatic carbocycles. The van der Waals surface area contributed by atoms with Gasteiger partial charge in [0.15, 0.2) is 31.1 Å². The summed E-state index contributed by atoms with van der Waals surface area (Å²) < 4.78 is 39.2. The number of carbonyl (C=O) groups is 2. The number of carbonyl (C=O) groups excluding carboxylic acids is 1. The Morgan fingerprint density at radius 2 is 1.16 bits per heavy atom. The molecule has 0 spiro atoms. The molecule has 13 N–H and O–H groups in total. The minimum absolute atomic E-state index is 0.213. The number of carboxylic acids is 1. The molecule has 0 bridgehead atoms. The van der Waals surface area contributed by atoms with Gasteiger partial charge in [-0.3, -0.25) is 4.79 Å². The summed E-state index contributed by atoms with van der Waals surface area (Å²) >= 11 is 0. The van der Waals surface area contributed by atoms with Crippen LogP contribution < -0.4 is 5.32 Å². The molecule has 0 aromatic heterocycles. The van der Waals surface area contributed by atoms with Crippen molar-refractivity contribution in [2.45, 2.75) is 169 Å². The van der Waals surface area contributed by atoms with Gasteiger partial charge in [-0.25, -0.2) is 4.79 Å². The first-order chi connectivity index (χ1) is 26.5. The van der Waals surface area contributed by atoms with Crippen LogP contribution in [0.1, 0.15) is 46.0 Å². The van der Waals surface area contributed by atoms with E-state index in [0.717, 1.165) is 32.1 Å². The predicted molar refractivity (Wildman–Crippen MR) is 180 cm³/mol. The molecule has 4 heterocycles. The molecule has 56 heavy (non-hydrogen) atoms. The van der Waals surface area contributed by atoms with Gasteiger partial charge in [-0.2, -0.15) is 0 Å². The fraction of sp³-hybridized carbons (Fsp3) is 0.941. The molecule has 20 unspecified atom stereocenters. The topological polar surface area (TPSA) is 354 Å². The van der Waals surface area contributed by atoms with Crippen molar-refractivity contribution in [1.82, 2.24) is 5.32 Å². The molecule has 1 saturated carbocycles. The number of amides is 1. The number of aliphatic hydroxyl groups excluding tert-OH is 11. The number of aliphatic carboxylic acids is 1. The van der Waals surface area contributed by atoms with Crippen LogP contribution >= 0.6 is 0 Å². The van der Waals surface area contributed by atoms with Crippen LogP contribution in [0.25, 0.3) is 0 Å². The van der Waals surface area contributed by atoms with Gasteiger partial charge in [-0.05, 0) is 24.7 Å². The van der Waals surface area contributed by atoms with E-state index in [-0.39, 0.29) is 5.92 Å². The van der Waals surface area contributed by atoms with Crippen LogP contribution in [0.4, 0.5) is 0 Å². The largest absolute Gasteiger partial charge is 0.479 e. The lowest BCUT2D eigenvalue weighted by molar-refractivity contribution is -0.362. The summed E-state index contributed by atoms with van der Waals surface area (Å²) in [5.74, 6) is -2.72. The van der Waals surface area contributed by atoms with Crippen molar-refractivity contribution in [1.29, 1.82) is 0 Å². The quantitative estimate of drug-likeness (QED) is 0.0822. The van der Waals surface area contributed by atoms with Crippen LogP contribution in [0.3, 0.4) is 0 Å². The Labute approximate surface area is 321 Å². The zero-order valence-electron chi connectivity index (χ0n) is 30.9. The van der Waals surface area contributed by atoms with E-state index < -0.39 is 154 Å². The lowest BCUT2D eigenvalue weighted by Gasteiger charge is -2.48. The zero-order chi connectivity index (χ0) is 41.2. The highest BCUT2D eigenvalue weighted by Gasteiger charge is 2.55. The van der Waals surface area contributed by atoms with Gasteiger partial charge in [0.05, 0.1) is 19.3 Å². The Bertz CT molecular complexity index is 1280. The van der Waals surface area contributed by atoms with Gasteiger partial charge in [0.25, 0.3) is 5.91 Å². The third-order valence-corrected chi connectivity index (χ3v) is 11.1. The van der Waals surface area contributed by atoms with Crippen LogP contribution in [0.2, 0.25) is 0 Å². The second-order valence-electron chi connectivity index (χ2n) is 15.5. The molecule has 324 valence electrons. The summed E-state index contributed by atoms with van der Waals surface area (Å²) in [4.78, 5) is 24.7. The van der Waals surface area contributed by atoms with Crippen molar-refractivity contribution in [3.63, 3.8) is 0 Å². The Morgan fingerprint density at radius 1 is 0.625 bits per heavy atom. The molecule has 5 aliphatic rings. The average Bonchev–Trinajstić information content (AvgIpc) is 3.17. The Morgan fingerprint density at radius 3 is 1.71 bits per heavy atom.